The molecule has 0 aromatic heterocycles. The number of aliphatic carboxylic acids is 1. The highest BCUT2D eigenvalue weighted by atomic mass is 19.1. The molecule has 0 spiro atoms. The molecule has 1 saturated heterocycles. The molecule has 1 fully saturated rings. The van der Waals surface area contributed by atoms with Crippen molar-refractivity contribution < 1.29 is 23.8 Å². The number of rotatable bonds is 5. The molecule has 0 radical (unpaired) electrons. The summed E-state index contributed by atoms with van der Waals surface area (Å²) in [7, 11) is 0. The average molecular weight is 309 g/mol. The Morgan fingerprint density at radius 2 is 2.05 bits per heavy atom. The molecule has 1 aliphatic rings. The van der Waals surface area contributed by atoms with E-state index >= 15 is 0 Å². The molecule has 2 rings (SSSR count). The Morgan fingerprint density at radius 1 is 1.27 bits per heavy atom. The number of ether oxygens (including phenoxy) is 1. The van der Waals surface area contributed by atoms with E-state index in [2.05, 4.69) is 0 Å². The molecule has 0 aliphatic carbocycles. The van der Waals surface area contributed by atoms with E-state index in [1.165, 1.54) is 12.1 Å². The lowest BCUT2D eigenvalue weighted by Gasteiger charge is -2.20. The number of likely N-dealkylation sites (tertiary alicyclic amines) is 1. The molecule has 1 N–H and O–H groups in total. The summed E-state index contributed by atoms with van der Waals surface area (Å²) < 4.78 is 18.6. The van der Waals surface area contributed by atoms with Gasteiger partial charge < -0.3 is 14.7 Å². The van der Waals surface area contributed by atoms with E-state index in [-0.39, 0.29) is 30.6 Å². The third-order valence-corrected chi connectivity index (χ3v) is 3.85. The first-order valence-electron chi connectivity index (χ1n) is 7.43. The van der Waals surface area contributed by atoms with Crippen LogP contribution in [0.25, 0.3) is 0 Å². The van der Waals surface area contributed by atoms with Crippen LogP contribution < -0.4 is 4.74 Å². The molecule has 1 heterocycles. The van der Waals surface area contributed by atoms with E-state index in [0.717, 1.165) is 12.8 Å². The maximum absolute atomic E-state index is 13.4. The monoisotopic (exact) mass is 309 g/mol. The Bertz CT molecular complexity index is 535. The highest BCUT2D eigenvalue weighted by Gasteiger charge is 2.22. The van der Waals surface area contributed by atoms with Crippen LogP contribution in [0.1, 0.15) is 25.7 Å². The number of halogens is 1. The lowest BCUT2D eigenvalue weighted by molar-refractivity contribution is -0.138. The van der Waals surface area contributed by atoms with Crippen LogP contribution in [0.2, 0.25) is 0 Å². The Labute approximate surface area is 128 Å². The Hall–Kier alpha value is -2.11. The predicted octanol–water partition coefficient (Wildman–Crippen LogP) is 2.31. The Morgan fingerprint density at radius 3 is 2.77 bits per heavy atom. The number of carboxylic acid groups (broad SMARTS) is 1. The highest BCUT2D eigenvalue weighted by molar-refractivity contribution is 5.77. The smallest absolute Gasteiger partial charge is 0.303 e. The summed E-state index contributed by atoms with van der Waals surface area (Å²) in [4.78, 5) is 24.5. The lowest BCUT2D eigenvalue weighted by Crippen LogP contribution is -2.35. The fraction of sp³-hybridized carbons (Fsp3) is 0.500. The number of para-hydroxylation sites is 1. The van der Waals surface area contributed by atoms with Crippen LogP contribution in [-0.4, -0.2) is 41.6 Å². The SMILES string of the molecule is O=C(O)CC1CCCN(C(=O)COc2ccccc2F)CC1. The van der Waals surface area contributed by atoms with Gasteiger partial charge in [0.1, 0.15) is 0 Å². The number of benzene rings is 1. The number of hydrogen-bond acceptors (Lipinski definition) is 3. The van der Waals surface area contributed by atoms with Gasteiger partial charge in [-0.25, -0.2) is 4.39 Å². The summed E-state index contributed by atoms with van der Waals surface area (Å²) in [5.41, 5.74) is 0. The first-order chi connectivity index (χ1) is 10.6. The summed E-state index contributed by atoms with van der Waals surface area (Å²) in [5.74, 6) is -1.31. The van der Waals surface area contributed by atoms with E-state index < -0.39 is 11.8 Å². The van der Waals surface area contributed by atoms with Gasteiger partial charge in [-0.3, -0.25) is 9.59 Å². The van der Waals surface area contributed by atoms with Crippen molar-refractivity contribution in [3.63, 3.8) is 0 Å². The van der Waals surface area contributed by atoms with Gasteiger partial charge in [0.25, 0.3) is 5.91 Å². The molecule has 1 aromatic rings. The van der Waals surface area contributed by atoms with Gasteiger partial charge in [-0.1, -0.05) is 12.1 Å². The summed E-state index contributed by atoms with van der Waals surface area (Å²) in [6.07, 6.45) is 2.42. The van der Waals surface area contributed by atoms with Gasteiger partial charge in [0.2, 0.25) is 0 Å². The minimum Gasteiger partial charge on any atom is -0.481 e. The van der Waals surface area contributed by atoms with Gasteiger partial charge in [0, 0.05) is 19.5 Å². The molecule has 5 nitrogen and oxygen atoms in total. The van der Waals surface area contributed by atoms with Gasteiger partial charge in [0.05, 0.1) is 0 Å². The van der Waals surface area contributed by atoms with Crippen molar-refractivity contribution in [1.29, 1.82) is 0 Å². The average Bonchev–Trinajstić information content (AvgIpc) is 2.71. The largest absolute Gasteiger partial charge is 0.481 e. The van der Waals surface area contributed by atoms with Gasteiger partial charge in [-0.15, -0.1) is 0 Å². The van der Waals surface area contributed by atoms with Crippen molar-refractivity contribution in [2.45, 2.75) is 25.7 Å². The Balaban J connectivity index is 1.83. The topological polar surface area (TPSA) is 66.8 Å². The first kappa shape index (κ1) is 16.3. The fourth-order valence-corrected chi connectivity index (χ4v) is 2.66. The summed E-state index contributed by atoms with van der Waals surface area (Å²) >= 11 is 0. The van der Waals surface area contributed by atoms with Crippen LogP contribution >= 0.6 is 0 Å². The molecule has 1 amide bonds. The van der Waals surface area contributed by atoms with Crippen molar-refractivity contribution in [2.24, 2.45) is 5.92 Å². The number of hydrogen-bond donors (Lipinski definition) is 1. The second-order valence-corrected chi connectivity index (χ2v) is 5.49. The molecular formula is C16H20FNO4. The number of nitrogens with zero attached hydrogens (tertiary/aromatic N) is 1. The van der Waals surface area contributed by atoms with Crippen molar-refractivity contribution in [3.05, 3.63) is 30.1 Å². The number of carbonyl (C=O) groups is 2. The van der Waals surface area contributed by atoms with Crippen LogP contribution in [0, 0.1) is 11.7 Å². The quantitative estimate of drug-likeness (QED) is 0.906. The van der Waals surface area contributed by atoms with E-state index in [1.807, 2.05) is 0 Å². The predicted molar refractivity (Wildman–Crippen MR) is 78.1 cm³/mol. The second-order valence-electron chi connectivity index (χ2n) is 5.49. The number of carboxylic acids is 1. The van der Waals surface area contributed by atoms with E-state index in [0.29, 0.717) is 19.5 Å². The molecule has 22 heavy (non-hydrogen) atoms. The van der Waals surface area contributed by atoms with Gasteiger partial charge in [-0.2, -0.15) is 0 Å². The van der Waals surface area contributed by atoms with Crippen LogP contribution in [0.4, 0.5) is 4.39 Å². The highest BCUT2D eigenvalue weighted by Crippen LogP contribution is 2.21. The summed E-state index contributed by atoms with van der Waals surface area (Å²) in [5, 5.41) is 8.83. The van der Waals surface area contributed by atoms with Crippen molar-refractivity contribution in [3.8, 4) is 5.75 Å². The van der Waals surface area contributed by atoms with E-state index in [9.17, 15) is 14.0 Å². The maximum atomic E-state index is 13.4. The minimum atomic E-state index is -0.798. The molecule has 6 heteroatoms. The molecule has 120 valence electrons. The normalized spacial score (nSPS) is 18.6. The third kappa shape index (κ3) is 4.72. The fourth-order valence-electron chi connectivity index (χ4n) is 2.66. The molecule has 1 atom stereocenters. The molecule has 1 unspecified atom stereocenters. The van der Waals surface area contributed by atoms with Gasteiger partial charge >= 0.3 is 5.97 Å². The molecule has 0 saturated carbocycles. The zero-order chi connectivity index (χ0) is 15.9. The van der Waals surface area contributed by atoms with Crippen LogP contribution in [-0.2, 0) is 9.59 Å². The van der Waals surface area contributed by atoms with Gasteiger partial charge in [-0.05, 0) is 37.3 Å². The van der Waals surface area contributed by atoms with Crippen LogP contribution in [0.5, 0.6) is 5.75 Å². The third-order valence-electron chi connectivity index (χ3n) is 3.85. The Kier molecular flexibility index (Phi) is 5.75. The van der Waals surface area contributed by atoms with Crippen LogP contribution in [0.15, 0.2) is 24.3 Å². The van der Waals surface area contributed by atoms with Gasteiger partial charge in [0.15, 0.2) is 18.2 Å². The molecule has 0 bridgehead atoms. The maximum Gasteiger partial charge on any atom is 0.303 e. The van der Waals surface area contributed by atoms with Crippen molar-refractivity contribution >= 4 is 11.9 Å². The number of carbonyl (C=O) groups excluding carboxylic acids is 1. The summed E-state index contributed by atoms with van der Waals surface area (Å²) in [6.45, 7) is 0.914. The number of amides is 1. The molecule has 1 aromatic carbocycles. The summed E-state index contributed by atoms with van der Waals surface area (Å²) in [6, 6.07) is 5.96. The van der Waals surface area contributed by atoms with E-state index in [4.69, 9.17) is 9.84 Å². The minimum absolute atomic E-state index is 0.0643. The molecule has 1 aliphatic heterocycles. The van der Waals surface area contributed by atoms with Crippen molar-refractivity contribution in [2.75, 3.05) is 19.7 Å². The molecular weight excluding hydrogens is 289 g/mol. The van der Waals surface area contributed by atoms with E-state index in [1.54, 1.807) is 17.0 Å². The first-order valence-corrected chi connectivity index (χ1v) is 7.43. The van der Waals surface area contributed by atoms with Crippen molar-refractivity contribution in [1.82, 2.24) is 4.90 Å². The zero-order valence-corrected chi connectivity index (χ0v) is 12.3. The lowest BCUT2D eigenvalue weighted by atomic mass is 9.97. The second kappa shape index (κ2) is 7.77. The van der Waals surface area contributed by atoms with Crippen LogP contribution in [0.3, 0.4) is 0 Å². The zero-order valence-electron chi connectivity index (χ0n) is 12.3. The standard InChI is InChI=1S/C16H20FNO4/c17-13-5-1-2-6-14(13)22-11-15(19)18-8-3-4-12(7-9-18)10-16(20)21/h1-2,5-6,12H,3-4,7-11H2,(H,20,21).